The van der Waals surface area contributed by atoms with E-state index in [2.05, 4.69) is 20.6 Å². The number of nitrogens with one attached hydrogen (secondary N) is 2. The molecule has 0 saturated carbocycles. The fourth-order valence-corrected chi connectivity index (χ4v) is 1.36. The molecule has 0 fully saturated rings. The maximum Gasteiger partial charge on any atom is 0.425 e. The van der Waals surface area contributed by atoms with Crippen molar-refractivity contribution < 1.29 is 9.53 Å². The average Bonchev–Trinajstić information content (AvgIpc) is 2.53. The Labute approximate surface area is 74.9 Å². The molecule has 0 spiro atoms. The van der Waals surface area contributed by atoms with Crippen molar-refractivity contribution >= 4 is 23.0 Å². The van der Waals surface area contributed by atoms with Crippen molar-refractivity contribution in [2.45, 2.75) is 6.92 Å². The summed E-state index contributed by atoms with van der Waals surface area (Å²) >= 11 is 1.57. The molecule has 0 aromatic rings. The normalized spacial score (nSPS) is 15.2. The van der Waals surface area contributed by atoms with Gasteiger partial charge in [0, 0.05) is 5.75 Å². The van der Waals surface area contributed by atoms with E-state index in [1.54, 1.807) is 18.7 Å². The number of hydrogen-bond donors (Lipinski definition) is 2. The van der Waals surface area contributed by atoms with E-state index in [-0.39, 0.29) is 0 Å². The molecular weight excluding hydrogens is 178 g/mol. The van der Waals surface area contributed by atoms with Gasteiger partial charge in [0.1, 0.15) is 0 Å². The van der Waals surface area contributed by atoms with Gasteiger partial charge in [0.15, 0.2) is 5.17 Å². The molecule has 0 bridgehead atoms. The molecule has 0 saturated heterocycles. The van der Waals surface area contributed by atoms with Crippen molar-refractivity contribution in [2.24, 2.45) is 4.99 Å². The molecule has 1 aliphatic heterocycles. The van der Waals surface area contributed by atoms with Crippen LogP contribution < -0.4 is 10.9 Å². The van der Waals surface area contributed by atoms with Crippen LogP contribution in [0.4, 0.5) is 4.79 Å². The second-order valence-electron chi connectivity index (χ2n) is 2.01. The van der Waals surface area contributed by atoms with Crippen LogP contribution in [0.5, 0.6) is 0 Å². The number of rotatable bonds is 1. The highest BCUT2D eigenvalue weighted by molar-refractivity contribution is 8.14. The number of amides is 1. The van der Waals surface area contributed by atoms with E-state index in [1.807, 2.05) is 0 Å². The van der Waals surface area contributed by atoms with Gasteiger partial charge in [-0.05, 0) is 6.92 Å². The minimum atomic E-state index is -0.479. The Morgan fingerprint density at radius 2 is 2.67 bits per heavy atom. The van der Waals surface area contributed by atoms with Gasteiger partial charge in [0.2, 0.25) is 0 Å². The molecule has 1 amide bonds. The second-order valence-corrected chi connectivity index (χ2v) is 3.09. The highest BCUT2D eigenvalue weighted by Crippen LogP contribution is 2.07. The summed E-state index contributed by atoms with van der Waals surface area (Å²) in [6, 6.07) is 0. The summed E-state index contributed by atoms with van der Waals surface area (Å²) in [6.07, 6.45) is -0.479. The third-order valence-corrected chi connectivity index (χ3v) is 2.02. The van der Waals surface area contributed by atoms with E-state index in [1.165, 1.54) is 0 Å². The smallest absolute Gasteiger partial charge is 0.425 e. The molecule has 6 heteroatoms. The largest absolute Gasteiger partial charge is 0.449 e. The maximum absolute atomic E-state index is 10.7. The molecular formula is C6H11N3O2S. The summed E-state index contributed by atoms with van der Waals surface area (Å²) in [5.74, 6) is 0.965. The zero-order valence-electron chi connectivity index (χ0n) is 6.79. The first-order valence-corrected chi connectivity index (χ1v) is 4.67. The SMILES string of the molecule is CCOC(=O)NNC1=NCCS1. The Morgan fingerprint density at radius 1 is 1.83 bits per heavy atom. The van der Waals surface area contributed by atoms with E-state index in [0.717, 1.165) is 17.5 Å². The van der Waals surface area contributed by atoms with Crippen molar-refractivity contribution in [1.82, 2.24) is 10.9 Å². The maximum atomic E-state index is 10.7. The number of carbonyl (C=O) groups excluding carboxylic acids is 1. The molecule has 5 nitrogen and oxygen atoms in total. The molecule has 12 heavy (non-hydrogen) atoms. The number of amidine groups is 1. The Bertz CT molecular complexity index is 195. The minimum absolute atomic E-state index is 0.368. The van der Waals surface area contributed by atoms with Crippen LogP contribution >= 0.6 is 11.8 Å². The molecule has 1 aliphatic rings. The zero-order chi connectivity index (χ0) is 8.81. The lowest BCUT2D eigenvalue weighted by Gasteiger charge is -2.06. The van der Waals surface area contributed by atoms with Crippen LogP contribution in [0.3, 0.4) is 0 Å². The Balaban J connectivity index is 2.12. The quantitative estimate of drug-likeness (QED) is 0.584. The van der Waals surface area contributed by atoms with Crippen LogP contribution in [0.25, 0.3) is 0 Å². The number of aliphatic imine (C=N–C) groups is 1. The standard InChI is InChI=1S/C6H11N3O2S/c1-2-11-6(10)9-8-5-7-3-4-12-5/h2-4H2,1H3,(H,7,8)(H,9,10). The summed E-state index contributed by atoms with van der Waals surface area (Å²) in [5, 5.41) is 0.739. The first-order chi connectivity index (χ1) is 5.83. The predicted octanol–water partition coefficient (Wildman–Crippen LogP) is 0.340. The van der Waals surface area contributed by atoms with Crippen LogP contribution in [0, 0.1) is 0 Å². The topological polar surface area (TPSA) is 62.7 Å². The van der Waals surface area contributed by atoms with Crippen LogP contribution in [0.1, 0.15) is 6.92 Å². The predicted molar refractivity (Wildman–Crippen MR) is 48.1 cm³/mol. The van der Waals surface area contributed by atoms with E-state index < -0.39 is 6.09 Å². The van der Waals surface area contributed by atoms with E-state index in [0.29, 0.717) is 6.61 Å². The molecule has 0 atom stereocenters. The molecule has 0 unspecified atom stereocenters. The van der Waals surface area contributed by atoms with Gasteiger partial charge in [0.05, 0.1) is 13.2 Å². The number of nitrogens with zero attached hydrogens (tertiary/aromatic N) is 1. The van der Waals surface area contributed by atoms with Crippen molar-refractivity contribution in [1.29, 1.82) is 0 Å². The van der Waals surface area contributed by atoms with Gasteiger partial charge in [-0.3, -0.25) is 10.4 Å². The van der Waals surface area contributed by atoms with Gasteiger partial charge >= 0.3 is 6.09 Å². The minimum Gasteiger partial charge on any atom is -0.449 e. The Morgan fingerprint density at radius 3 is 3.25 bits per heavy atom. The number of thioether (sulfide) groups is 1. The summed E-state index contributed by atoms with van der Waals surface area (Å²) in [6.45, 7) is 2.92. The van der Waals surface area contributed by atoms with Gasteiger partial charge in [-0.1, -0.05) is 11.8 Å². The summed E-state index contributed by atoms with van der Waals surface area (Å²) in [4.78, 5) is 14.8. The first kappa shape index (κ1) is 9.18. The van der Waals surface area contributed by atoms with Crippen LogP contribution in [-0.2, 0) is 4.74 Å². The number of ether oxygens (including phenoxy) is 1. The van der Waals surface area contributed by atoms with Crippen LogP contribution in [0.15, 0.2) is 4.99 Å². The molecule has 68 valence electrons. The van der Waals surface area contributed by atoms with Crippen LogP contribution in [-0.4, -0.2) is 30.2 Å². The molecule has 1 heterocycles. The van der Waals surface area contributed by atoms with Gasteiger partial charge in [-0.15, -0.1) is 0 Å². The molecule has 0 aliphatic carbocycles. The highest BCUT2D eigenvalue weighted by Gasteiger charge is 2.07. The molecule has 0 aromatic heterocycles. The summed E-state index contributed by atoms with van der Waals surface area (Å²) in [5.41, 5.74) is 5.02. The number of hydrazine groups is 1. The average molecular weight is 189 g/mol. The van der Waals surface area contributed by atoms with Crippen molar-refractivity contribution in [3.8, 4) is 0 Å². The van der Waals surface area contributed by atoms with E-state index in [9.17, 15) is 4.79 Å². The lowest BCUT2D eigenvalue weighted by atomic mass is 10.8. The number of carbonyl (C=O) groups is 1. The fraction of sp³-hybridized carbons (Fsp3) is 0.667. The molecule has 0 radical (unpaired) electrons. The third-order valence-electron chi connectivity index (χ3n) is 1.13. The third kappa shape index (κ3) is 3.00. The zero-order valence-corrected chi connectivity index (χ0v) is 7.61. The van der Waals surface area contributed by atoms with E-state index >= 15 is 0 Å². The second kappa shape index (κ2) is 4.87. The summed E-state index contributed by atoms with van der Waals surface area (Å²) < 4.78 is 4.62. The first-order valence-electron chi connectivity index (χ1n) is 3.69. The number of hydrogen-bond acceptors (Lipinski definition) is 5. The lowest BCUT2D eigenvalue weighted by Crippen LogP contribution is -2.40. The van der Waals surface area contributed by atoms with Crippen LogP contribution in [0.2, 0.25) is 0 Å². The van der Waals surface area contributed by atoms with Gasteiger partial charge in [0.25, 0.3) is 0 Å². The Hall–Kier alpha value is -0.910. The fourth-order valence-electron chi connectivity index (χ4n) is 0.682. The highest BCUT2D eigenvalue weighted by atomic mass is 32.2. The van der Waals surface area contributed by atoms with Crippen molar-refractivity contribution in [2.75, 3.05) is 18.9 Å². The van der Waals surface area contributed by atoms with Gasteiger partial charge in [-0.2, -0.15) is 0 Å². The Kier molecular flexibility index (Phi) is 3.72. The van der Waals surface area contributed by atoms with Crippen molar-refractivity contribution in [3.05, 3.63) is 0 Å². The van der Waals surface area contributed by atoms with Gasteiger partial charge < -0.3 is 4.74 Å². The lowest BCUT2D eigenvalue weighted by molar-refractivity contribution is 0.150. The molecule has 1 rings (SSSR count). The van der Waals surface area contributed by atoms with Crippen molar-refractivity contribution in [3.63, 3.8) is 0 Å². The van der Waals surface area contributed by atoms with Gasteiger partial charge in [-0.25, -0.2) is 10.2 Å². The van der Waals surface area contributed by atoms with E-state index in [4.69, 9.17) is 0 Å². The molecule has 2 N–H and O–H groups in total. The molecule has 0 aromatic carbocycles. The monoisotopic (exact) mass is 189 g/mol. The summed E-state index contributed by atoms with van der Waals surface area (Å²) in [7, 11) is 0.